The number of carboxylic acids is 1. The highest BCUT2D eigenvalue weighted by molar-refractivity contribution is 6.32. The number of aromatic carboxylic acids is 1. The van der Waals surface area contributed by atoms with Crippen molar-refractivity contribution in [3.63, 3.8) is 0 Å². The number of nitrogens with zero attached hydrogens (tertiary/aromatic N) is 1. The standard InChI is InChI=1S/C10H8ClNO2/c11-9-7(10(13)14)5-6-3-1-2-4-8(6)12-9/h3-5H,1-2H2,(H,13,14). The largest absolute Gasteiger partial charge is 0.478 e. The molecule has 0 radical (unpaired) electrons. The predicted molar refractivity (Wildman–Crippen MR) is 53.6 cm³/mol. The lowest BCUT2D eigenvalue weighted by atomic mass is 10.1. The van der Waals surface area contributed by atoms with Gasteiger partial charge in [-0.2, -0.15) is 0 Å². The molecular weight excluding hydrogens is 202 g/mol. The van der Waals surface area contributed by atoms with Crippen LogP contribution in [-0.2, 0) is 0 Å². The van der Waals surface area contributed by atoms with Crippen LogP contribution in [0.5, 0.6) is 0 Å². The van der Waals surface area contributed by atoms with Gasteiger partial charge in [0.05, 0.1) is 10.9 Å². The van der Waals surface area contributed by atoms with Crippen LogP contribution in [0, 0.1) is 0 Å². The van der Waals surface area contributed by atoms with Gasteiger partial charge in [-0.25, -0.2) is 9.78 Å². The first-order valence-corrected chi connectivity index (χ1v) is 4.66. The van der Waals surface area contributed by atoms with Gasteiger partial charge >= 0.3 is 5.97 Å². The van der Waals surface area contributed by atoms with Crippen LogP contribution < -0.4 is 10.6 Å². The SMILES string of the molecule is O=C(O)c1cc2c(nc1Cl)=CCCC=2. The van der Waals surface area contributed by atoms with Crippen LogP contribution in [0.15, 0.2) is 6.07 Å². The average molecular weight is 210 g/mol. The molecule has 0 spiro atoms. The van der Waals surface area contributed by atoms with Gasteiger partial charge in [0, 0.05) is 0 Å². The van der Waals surface area contributed by atoms with Crippen LogP contribution >= 0.6 is 11.6 Å². The number of rotatable bonds is 1. The van der Waals surface area contributed by atoms with E-state index in [1.807, 2.05) is 12.2 Å². The van der Waals surface area contributed by atoms with Gasteiger partial charge < -0.3 is 5.11 Å². The maximum absolute atomic E-state index is 10.8. The van der Waals surface area contributed by atoms with Crippen molar-refractivity contribution in [2.45, 2.75) is 12.8 Å². The monoisotopic (exact) mass is 209 g/mol. The van der Waals surface area contributed by atoms with Crippen LogP contribution in [0.1, 0.15) is 23.2 Å². The van der Waals surface area contributed by atoms with Gasteiger partial charge in [0.15, 0.2) is 0 Å². The molecule has 1 N–H and O–H groups in total. The summed E-state index contributed by atoms with van der Waals surface area (Å²) in [6, 6.07) is 1.57. The van der Waals surface area contributed by atoms with Gasteiger partial charge in [-0.15, -0.1) is 0 Å². The summed E-state index contributed by atoms with van der Waals surface area (Å²) in [6.45, 7) is 0. The summed E-state index contributed by atoms with van der Waals surface area (Å²) in [5, 5.41) is 10.5. The molecule has 0 atom stereocenters. The maximum atomic E-state index is 10.8. The summed E-state index contributed by atoms with van der Waals surface area (Å²) >= 11 is 5.73. The second-order valence-corrected chi connectivity index (χ2v) is 3.45. The third-order valence-electron chi connectivity index (χ3n) is 2.14. The smallest absolute Gasteiger partial charge is 0.338 e. The molecule has 1 aromatic heterocycles. The highest BCUT2D eigenvalue weighted by atomic mass is 35.5. The third kappa shape index (κ3) is 1.51. The van der Waals surface area contributed by atoms with E-state index in [2.05, 4.69) is 4.98 Å². The lowest BCUT2D eigenvalue weighted by Crippen LogP contribution is -2.31. The summed E-state index contributed by atoms with van der Waals surface area (Å²) in [5.41, 5.74) is 0.0666. The van der Waals surface area contributed by atoms with Crippen molar-refractivity contribution in [1.29, 1.82) is 0 Å². The van der Waals surface area contributed by atoms with Crippen LogP contribution in [0.25, 0.3) is 12.2 Å². The van der Waals surface area contributed by atoms with Crippen LogP contribution in [-0.4, -0.2) is 16.1 Å². The van der Waals surface area contributed by atoms with Crippen molar-refractivity contribution >= 4 is 29.7 Å². The Balaban J connectivity index is 2.76. The first-order chi connectivity index (χ1) is 6.68. The molecule has 3 nitrogen and oxygen atoms in total. The molecular formula is C10H8ClNO2. The lowest BCUT2D eigenvalue weighted by Gasteiger charge is -2.02. The topological polar surface area (TPSA) is 50.2 Å². The molecule has 4 heteroatoms. The fourth-order valence-corrected chi connectivity index (χ4v) is 1.68. The fraction of sp³-hybridized carbons (Fsp3) is 0.200. The van der Waals surface area contributed by atoms with Crippen molar-refractivity contribution in [2.75, 3.05) is 0 Å². The molecule has 1 aliphatic rings. The molecule has 0 bridgehead atoms. The molecule has 0 aliphatic heterocycles. The predicted octanol–water partition coefficient (Wildman–Crippen LogP) is 0.788. The number of aromatic nitrogens is 1. The van der Waals surface area contributed by atoms with Crippen molar-refractivity contribution in [3.05, 3.63) is 27.4 Å². The Bertz CT molecular complexity index is 508. The van der Waals surface area contributed by atoms with E-state index >= 15 is 0 Å². The molecule has 14 heavy (non-hydrogen) atoms. The molecule has 0 amide bonds. The zero-order chi connectivity index (χ0) is 10.1. The summed E-state index contributed by atoms with van der Waals surface area (Å²) in [5.74, 6) is -1.04. The molecule has 0 aromatic carbocycles. The average Bonchev–Trinajstić information content (AvgIpc) is 2.16. The van der Waals surface area contributed by atoms with E-state index in [9.17, 15) is 4.79 Å². The summed E-state index contributed by atoms with van der Waals surface area (Å²) in [7, 11) is 0. The summed E-state index contributed by atoms with van der Waals surface area (Å²) < 4.78 is 0. The fourth-order valence-electron chi connectivity index (χ4n) is 1.46. The minimum Gasteiger partial charge on any atom is -0.478 e. The molecule has 0 fully saturated rings. The summed E-state index contributed by atoms with van der Waals surface area (Å²) in [4.78, 5) is 14.8. The zero-order valence-electron chi connectivity index (χ0n) is 7.33. The van der Waals surface area contributed by atoms with Crippen molar-refractivity contribution < 1.29 is 9.90 Å². The number of pyridine rings is 1. The highest BCUT2D eigenvalue weighted by Gasteiger charge is 2.10. The van der Waals surface area contributed by atoms with E-state index in [-0.39, 0.29) is 10.7 Å². The molecule has 2 rings (SSSR count). The molecule has 0 unspecified atom stereocenters. The van der Waals surface area contributed by atoms with Crippen LogP contribution in [0.4, 0.5) is 0 Å². The Kier molecular flexibility index (Phi) is 2.25. The normalized spacial score (nSPS) is 13.8. The number of fused-ring (bicyclic) bond motifs is 1. The van der Waals surface area contributed by atoms with Crippen molar-refractivity contribution in [1.82, 2.24) is 4.98 Å². The molecule has 0 saturated heterocycles. The third-order valence-corrected chi connectivity index (χ3v) is 2.42. The summed E-state index contributed by atoms with van der Waals surface area (Å²) in [6.07, 6.45) is 5.80. The molecule has 1 heterocycles. The van der Waals surface area contributed by atoms with Gasteiger partial charge in [0.25, 0.3) is 0 Å². The minimum atomic E-state index is -1.04. The second-order valence-electron chi connectivity index (χ2n) is 3.09. The number of hydrogen-bond acceptors (Lipinski definition) is 2. The van der Waals surface area contributed by atoms with Crippen molar-refractivity contribution in [2.24, 2.45) is 0 Å². The van der Waals surface area contributed by atoms with Gasteiger partial charge in [-0.05, 0) is 24.1 Å². The molecule has 1 aromatic rings. The molecule has 1 aliphatic carbocycles. The number of hydrogen-bond donors (Lipinski definition) is 1. The zero-order valence-corrected chi connectivity index (χ0v) is 8.08. The Morgan fingerprint density at radius 3 is 2.86 bits per heavy atom. The van der Waals surface area contributed by atoms with E-state index in [0.717, 1.165) is 23.4 Å². The Morgan fingerprint density at radius 1 is 1.43 bits per heavy atom. The van der Waals surface area contributed by atoms with Gasteiger partial charge in [-0.3, -0.25) is 0 Å². The van der Waals surface area contributed by atoms with Crippen LogP contribution in [0.3, 0.4) is 0 Å². The van der Waals surface area contributed by atoms with E-state index < -0.39 is 5.97 Å². The maximum Gasteiger partial charge on any atom is 0.338 e. The van der Waals surface area contributed by atoms with E-state index in [4.69, 9.17) is 16.7 Å². The van der Waals surface area contributed by atoms with Crippen molar-refractivity contribution in [3.8, 4) is 0 Å². The van der Waals surface area contributed by atoms with E-state index in [1.54, 1.807) is 6.07 Å². The Morgan fingerprint density at radius 2 is 2.14 bits per heavy atom. The van der Waals surface area contributed by atoms with E-state index in [1.165, 1.54) is 0 Å². The Labute approximate surface area is 85.3 Å². The number of carbonyl (C=O) groups is 1. The number of carboxylic acid groups (broad SMARTS) is 1. The number of halogens is 1. The van der Waals surface area contributed by atoms with Gasteiger partial charge in [0.2, 0.25) is 0 Å². The van der Waals surface area contributed by atoms with E-state index in [0.29, 0.717) is 0 Å². The molecule has 0 saturated carbocycles. The second kappa shape index (κ2) is 3.42. The minimum absolute atomic E-state index is 0.0581. The van der Waals surface area contributed by atoms with Gasteiger partial charge in [-0.1, -0.05) is 23.8 Å². The first-order valence-electron chi connectivity index (χ1n) is 4.29. The van der Waals surface area contributed by atoms with Crippen LogP contribution in [0.2, 0.25) is 5.15 Å². The first kappa shape index (κ1) is 9.21. The lowest BCUT2D eigenvalue weighted by molar-refractivity contribution is 0.0696. The Hall–Kier alpha value is -1.35. The highest BCUT2D eigenvalue weighted by Crippen LogP contribution is 2.08. The van der Waals surface area contributed by atoms with Gasteiger partial charge in [0.1, 0.15) is 5.15 Å². The molecule has 72 valence electrons. The quantitative estimate of drug-likeness (QED) is 0.696.